The summed E-state index contributed by atoms with van der Waals surface area (Å²) in [7, 11) is 0. The summed E-state index contributed by atoms with van der Waals surface area (Å²) in [4.78, 5) is 196. The molecule has 149 heavy (non-hydrogen) atoms. The Bertz CT molecular complexity index is 4380. The lowest BCUT2D eigenvalue weighted by Gasteiger charge is -2.43. The third-order valence-electron chi connectivity index (χ3n) is 20.7. The normalized spacial score (nSPS) is 23.6. The SMILES string of the molecule is CC(=O)OC[C@H]1O[C@H](OCc2cn(CCOCCOCC(COCCOCCn3cc(CO[C@H]4O[C@H](COC(C)=O)[C@@H](OC(C)=O)[C@H](OC(C)=O)[C@@H]4OC(C)=O)nn3)(COCCOCCn3cc(CO[C@H]4O[C@H](COC(C)=O)[C@@H](OC(C)=O)[C@H](OC(C)=O)[C@@H]4OC(C)=O)nn3)COCCOCCn3cc(CO[C@H]4O[C@H](COC(C)=O)[C@@H](OC(C)=O)[C@H](OC(C)=O)[C@@H]4OC(C)=O)nn3)nn2)[C@@H](OC(C)=O)[C@@H](OC(C)=O)[C@@H]1OC(C)=O. The Kier molecular flexibility index (Phi) is 51.3. The fraction of sp³-hybridized carbons (Fsp3) is 0.730. The summed E-state index contributed by atoms with van der Waals surface area (Å²) in [6, 6.07) is 0. The maximum absolute atomic E-state index is 12.5. The molecule has 8 rings (SSSR count). The second-order valence-corrected chi connectivity index (χ2v) is 33.6. The van der Waals surface area contributed by atoms with E-state index in [4.69, 9.17) is 152 Å². The van der Waals surface area contributed by atoms with E-state index in [9.17, 15) is 76.7 Å². The van der Waals surface area contributed by atoms with Crippen molar-refractivity contribution in [3.8, 4) is 0 Å². The molecule has 0 radical (unpaired) electrons. The van der Waals surface area contributed by atoms with Crippen molar-refractivity contribution in [1.82, 2.24) is 60.0 Å². The third-order valence-corrected chi connectivity index (χ3v) is 20.7. The number of esters is 16. The Morgan fingerprint density at radius 1 is 0.228 bits per heavy atom. The van der Waals surface area contributed by atoms with Gasteiger partial charge in [0, 0.05) is 111 Å². The van der Waals surface area contributed by atoms with Crippen LogP contribution in [0.3, 0.4) is 0 Å². The number of nitrogens with zero attached hydrogens (tertiary/aromatic N) is 12. The van der Waals surface area contributed by atoms with Gasteiger partial charge in [-0.25, -0.2) is 18.7 Å². The van der Waals surface area contributed by atoms with Crippen LogP contribution in [0, 0.1) is 5.41 Å². The van der Waals surface area contributed by atoms with Gasteiger partial charge in [0.2, 0.25) is 0 Å². The Morgan fingerprint density at radius 3 is 0.570 bits per heavy atom. The number of hydrogen-bond donors (Lipinski definition) is 0. The maximum Gasteiger partial charge on any atom is 0.303 e. The minimum Gasteiger partial charge on any atom is -0.463 e. The smallest absolute Gasteiger partial charge is 0.303 e. The molecule has 4 fully saturated rings. The van der Waals surface area contributed by atoms with Crippen molar-refractivity contribution in [3.63, 3.8) is 0 Å². The van der Waals surface area contributed by atoms with Crippen molar-refractivity contribution in [2.75, 3.05) is 132 Å². The molecule has 0 amide bonds. The van der Waals surface area contributed by atoms with Gasteiger partial charge in [-0.1, -0.05) is 20.9 Å². The summed E-state index contributed by atoms with van der Waals surface area (Å²) >= 11 is 0. The van der Waals surface area contributed by atoms with Crippen LogP contribution in [0.1, 0.15) is 134 Å². The zero-order valence-corrected chi connectivity index (χ0v) is 85.1. The minimum absolute atomic E-state index is 0.00639. The van der Waals surface area contributed by atoms with Gasteiger partial charge in [0.25, 0.3) is 0 Å². The lowest BCUT2D eigenvalue weighted by atomic mass is 9.92. The van der Waals surface area contributed by atoms with Crippen molar-refractivity contribution in [2.45, 2.75) is 286 Å². The first-order chi connectivity index (χ1) is 71.0. The van der Waals surface area contributed by atoms with Crippen LogP contribution in [0.4, 0.5) is 0 Å². The first-order valence-corrected chi connectivity index (χ1v) is 46.9. The third kappa shape index (κ3) is 43.5. The fourth-order valence-electron chi connectivity index (χ4n) is 14.9. The summed E-state index contributed by atoms with van der Waals surface area (Å²) in [5.74, 6) is -12.8. The molecule has 0 bridgehead atoms. The molecule has 60 nitrogen and oxygen atoms in total. The van der Waals surface area contributed by atoms with Crippen molar-refractivity contribution in [1.29, 1.82) is 0 Å². The zero-order valence-electron chi connectivity index (χ0n) is 85.1. The van der Waals surface area contributed by atoms with E-state index in [1.54, 1.807) is 0 Å². The van der Waals surface area contributed by atoms with Gasteiger partial charge < -0.3 is 152 Å². The van der Waals surface area contributed by atoms with Crippen LogP contribution in [-0.2, 0) is 281 Å². The Labute approximate surface area is 852 Å². The summed E-state index contributed by atoms with van der Waals surface area (Å²) in [5, 5.41) is 33.4. The molecular weight excluding hydrogens is 2010 g/mol. The topological polar surface area (TPSA) is 691 Å². The number of ether oxygens (including phenoxy) is 32. The molecule has 0 unspecified atom stereocenters. The molecule has 8 heterocycles. The molecule has 4 aliphatic rings. The largest absolute Gasteiger partial charge is 0.463 e. The van der Waals surface area contributed by atoms with E-state index in [1.165, 1.54) is 43.5 Å². The van der Waals surface area contributed by atoms with Gasteiger partial charge >= 0.3 is 95.5 Å². The molecule has 4 aliphatic heterocycles. The molecule has 20 atom stereocenters. The molecule has 4 saturated heterocycles. The second kappa shape index (κ2) is 62.8. The first-order valence-electron chi connectivity index (χ1n) is 46.9. The average molecular weight is 2130 g/mol. The van der Waals surface area contributed by atoms with Gasteiger partial charge in [-0.2, -0.15) is 0 Å². The highest BCUT2D eigenvalue weighted by molar-refractivity contribution is 5.72. The highest BCUT2D eigenvalue weighted by Gasteiger charge is 2.58. The van der Waals surface area contributed by atoms with E-state index >= 15 is 0 Å². The standard InChI is InChI=1S/C89H128N12O48/c1-49(102)126-41-69-73(134-53(5)106)77(138-57(9)110)81(142-61(13)114)85(146-69)130-37-65-33-98(94-90-65)17-21-118-25-29-122-45-89(46-123-30-26-119-22-18-99-34-66(91-95-99)38-131-86-82(143-62(14)115)78(139-58(10)111)74(135-54(6)107)70(147-86)42-127-50(2)103,47-124-31-27-120-23-19-100-35-67(92-96-100)39-132-87-83(144-63(15)116)79(140-59(11)112)75(136-55(7)108)71(148-87)43-128-51(3)104)48-125-32-28-121-24-20-101-36-68(93-97-101)40-133-88-84(145-64(16)117)80(141-60(12)113)76(137-56(8)109)72(149-88)44-129-52(4)105/h33-36,69-88H,17-32,37-48H2,1-16H3/t69-,70-,71-,72-,73-,74-,75-,76-,77+,78+,79+,80+,81+,82+,83+,84+,85+,86+,87+,88+/m1/s1. The van der Waals surface area contributed by atoms with Gasteiger partial charge in [-0.15, -0.1) is 20.4 Å². The van der Waals surface area contributed by atoms with Crippen molar-refractivity contribution in [3.05, 3.63) is 47.6 Å². The molecule has 0 saturated carbocycles. The van der Waals surface area contributed by atoms with Gasteiger partial charge in [-0.3, -0.25) is 76.7 Å². The molecule has 0 aliphatic carbocycles. The van der Waals surface area contributed by atoms with Crippen LogP contribution in [-0.4, -0.2) is 410 Å². The zero-order chi connectivity index (χ0) is 109. The number of aromatic nitrogens is 12. The molecule has 0 N–H and O–H groups in total. The quantitative estimate of drug-likeness (QED) is 0.0254. The molecule has 0 aromatic carbocycles. The number of carbonyl (C=O) groups excluding carboxylic acids is 16. The lowest BCUT2D eigenvalue weighted by molar-refractivity contribution is -0.310. The monoisotopic (exact) mass is 2130 g/mol. The summed E-state index contributed by atoms with van der Waals surface area (Å²) in [5.41, 5.74) is -0.158. The Morgan fingerprint density at radius 2 is 0.396 bits per heavy atom. The van der Waals surface area contributed by atoms with Crippen LogP contribution in [0.25, 0.3) is 0 Å². The predicted octanol–water partition coefficient (Wildman–Crippen LogP) is -2.33. The Balaban J connectivity index is 0.949. The second-order valence-electron chi connectivity index (χ2n) is 33.6. The molecular formula is C89H128N12O48. The van der Waals surface area contributed by atoms with Crippen LogP contribution < -0.4 is 0 Å². The van der Waals surface area contributed by atoms with E-state index in [-0.39, 0.29) is 181 Å². The molecule has 832 valence electrons. The highest BCUT2D eigenvalue weighted by atomic mass is 16.8. The summed E-state index contributed by atoms with van der Waals surface area (Å²) in [6.07, 6.45) is -22.6. The van der Waals surface area contributed by atoms with Crippen LogP contribution in [0.15, 0.2) is 24.8 Å². The number of hydrogen-bond acceptors (Lipinski definition) is 56. The lowest BCUT2D eigenvalue weighted by Crippen LogP contribution is -2.62. The van der Waals surface area contributed by atoms with Crippen molar-refractivity contribution in [2.24, 2.45) is 5.41 Å². The van der Waals surface area contributed by atoms with E-state index in [0.717, 1.165) is 111 Å². The summed E-state index contributed by atoms with van der Waals surface area (Å²) < 4.78 is 190. The average Bonchev–Trinajstić information content (AvgIpc) is 1.79. The van der Waals surface area contributed by atoms with Crippen molar-refractivity contribution < 1.29 is 228 Å². The van der Waals surface area contributed by atoms with E-state index in [0.29, 0.717) is 0 Å². The van der Waals surface area contributed by atoms with Crippen molar-refractivity contribution >= 4 is 95.5 Å². The number of rotatable bonds is 64. The molecule has 60 heteroatoms. The van der Waals surface area contributed by atoms with E-state index in [2.05, 4.69) is 41.2 Å². The van der Waals surface area contributed by atoms with E-state index in [1.807, 2.05) is 0 Å². The maximum atomic E-state index is 12.5. The number of carbonyl (C=O) groups is 16. The van der Waals surface area contributed by atoms with Crippen LogP contribution >= 0.6 is 0 Å². The molecule has 0 spiro atoms. The highest BCUT2D eigenvalue weighted by Crippen LogP contribution is 2.36. The Hall–Kier alpha value is -12.6. The fourth-order valence-corrected chi connectivity index (χ4v) is 14.9. The predicted molar refractivity (Wildman–Crippen MR) is 476 cm³/mol. The minimum atomic E-state index is -1.50. The first kappa shape index (κ1) is 122. The van der Waals surface area contributed by atoms with E-state index < -0.39 is 250 Å². The van der Waals surface area contributed by atoms with Gasteiger partial charge in [0.1, 0.15) is 73.6 Å². The van der Waals surface area contributed by atoms with Crippen LogP contribution in [0.2, 0.25) is 0 Å². The molecule has 4 aromatic rings. The van der Waals surface area contributed by atoms with Gasteiger partial charge in [0.15, 0.2) is 98.4 Å². The summed E-state index contributed by atoms with van der Waals surface area (Å²) in [6.45, 7) is 14.8. The van der Waals surface area contributed by atoms with Gasteiger partial charge in [0.05, 0.1) is 189 Å². The molecule has 4 aromatic heterocycles. The van der Waals surface area contributed by atoms with Gasteiger partial charge in [-0.05, 0) is 0 Å². The van der Waals surface area contributed by atoms with Crippen LogP contribution in [0.5, 0.6) is 0 Å².